The molecule has 2 rings (SSSR count). The van der Waals surface area contributed by atoms with E-state index < -0.39 is 0 Å². The number of hydrogen-bond acceptors (Lipinski definition) is 6. The Balaban J connectivity index is 2.05. The van der Waals surface area contributed by atoms with Crippen LogP contribution < -0.4 is 5.73 Å². The number of aromatic nitrogens is 1. The number of nitrogens with zero attached hydrogens (tertiary/aromatic N) is 3. The van der Waals surface area contributed by atoms with Crippen LogP contribution in [0, 0.1) is 0 Å². The highest BCUT2D eigenvalue weighted by atomic mass is 32.1. The molecule has 0 amide bonds. The second-order valence-corrected chi connectivity index (χ2v) is 6.38. The minimum atomic E-state index is 0.547. The average Bonchev–Trinajstić information content (AvgIpc) is 2.76. The summed E-state index contributed by atoms with van der Waals surface area (Å²) in [5.74, 6) is 0. The van der Waals surface area contributed by atoms with Crippen LogP contribution in [0.5, 0.6) is 0 Å². The fourth-order valence-corrected chi connectivity index (χ4v) is 3.48. The SMILES string of the molecule is COCc1nc(CC2CN(C)CCN2C)sc1CN. The van der Waals surface area contributed by atoms with Crippen LogP contribution in [0.15, 0.2) is 0 Å². The summed E-state index contributed by atoms with van der Waals surface area (Å²) in [5, 5.41) is 1.18. The van der Waals surface area contributed by atoms with Gasteiger partial charge in [-0.2, -0.15) is 0 Å². The van der Waals surface area contributed by atoms with Gasteiger partial charge in [0, 0.05) is 50.6 Å². The summed E-state index contributed by atoms with van der Waals surface area (Å²) in [6.07, 6.45) is 1.00. The standard InChI is InChI=1S/C13H24N4OS/c1-16-4-5-17(2)10(8-16)6-13-15-11(9-18-3)12(7-14)19-13/h10H,4-9,14H2,1-3H3. The van der Waals surface area contributed by atoms with Gasteiger partial charge in [-0.05, 0) is 14.1 Å². The van der Waals surface area contributed by atoms with Gasteiger partial charge in [-0.25, -0.2) is 4.98 Å². The average molecular weight is 284 g/mol. The van der Waals surface area contributed by atoms with Gasteiger partial charge in [0.05, 0.1) is 17.3 Å². The maximum atomic E-state index is 5.77. The number of ether oxygens (including phenoxy) is 1. The molecule has 2 N–H and O–H groups in total. The molecule has 0 spiro atoms. The van der Waals surface area contributed by atoms with Crippen LogP contribution >= 0.6 is 11.3 Å². The Morgan fingerprint density at radius 1 is 1.42 bits per heavy atom. The zero-order valence-corrected chi connectivity index (χ0v) is 12.9. The number of methoxy groups -OCH3 is 1. The molecule has 1 aromatic rings. The van der Waals surface area contributed by atoms with Gasteiger partial charge in [0.2, 0.25) is 0 Å². The summed E-state index contributed by atoms with van der Waals surface area (Å²) in [7, 11) is 6.08. The van der Waals surface area contributed by atoms with Crippen LogP contribution in [0.4, 0.5) is 0 Å². The third-order valence-corrected chi connectivity index (χ3v) is 4.82. The number of rotatable bonds is 5. The zero-order valence-electron chi connectivity index (χ0n) is 12.1. The molecule has 2 heterocycles. The molecular weight excluding hydrogens is 260 g/mol. The maximum absolute atomic E-state index is 5.77. The molecular formula is C13H24N4OS. The first-order valence-corrected chi connectivity index (χ1v) is 7.51. The molecule has 1 unspecified atom stereocenters. The van der Waals surface area contributed by atoms with Gasteiger partial charge in [0.15, 0.2) is 0 Å². The van der Waals surface area contributed by atoms with Crippen molar-refractivity contribution in [2.45, 2.75) is 25.6 Å². The summed E-state index contributed by atoms with van der Waals surface area (Å²) in [6, 6.07) is 0.547. The Morgan fingerprint density at radius 2 is 2.21 bits per heavy atom. The van der Waals surface area contributed by atoms with E-state index in [0.29, 0.717) is 19.2 Å². The molecule has 6 heteroatoms. The summed E-state index contributed by atoms with van der Waals surface area (Å²) in [4.78, 5) is 10.7. The molecule has 5 nitrogen and oxygen atoms in total. The van der Waals surface area contributed by atoms with E-state index in [0.717, 1.165) is 36.6 Å². The van der Waals surface area contributed by atoms with E-state index >= 15 is 0 Å². The molecule has 1 saturated heterocycles. The van der Waals surface area contributed by atoms with Gasteiger partial charge in [0.1, 0.15) is 0 Å². The molecule has 1 aromatic heterocycles. The van der Waals surface area contributed by atoms with Crippen molar-refractivity contribution in [3.05, 3.63) is 15.6 Å². The van der Waals surface area contributed by atoms with Gasteiger partial charge >= 0.3 is 0 Å². The van der Waals surface area contributed by atoms with Gasteiger partial charge in [0.25, 0.3) is 0 Å². The van der Waals surface area contributed by atoms with Crippen molar-refractivity contribution in [1.29, 1.82) is 0 Å². The quantitative estimate of drug-likeness (QED) is 0.855. The lowest BCUT2D eigenvalue weighted by molar-refractivity contribution is 0.114. The summed E-state index contributed by atoms with van der Waals surface area (Å²) < 4.78 is 5.18. The molecule has 19 heavy (non-hydrogen) atoms. The van der Waals surface area contributed by atoms with Crippen molar-refractivity contribution in [1.82, 2.24) is 14.8 Å². The Kier molecular flexibility index (Phi) is 5.29. The largest absolute Gasteiger partial charge is 0.378 e. The Hall–Kier alpha value is -0.530. The summed E-state index contributed by atoms with van der Waals surface area (Å²) in [5.41, 5.74) is 6.78. The molecule has 1 fully saturated rings. The lowest BCUT2D eigenvalue weighted by Crippen LogP contribution is -2.50. The van der Waals surface area contributed by atoms with Crippen LogP contribution in [-0.2, 0) is 24.3 Å². The minimum absolute atomic E-state index is 0.547. The Bertz CT molecular complexity index is 409. The van der Waals surface area contributed by atoms with Crippen molar-refractivity contribution in [3.63, 3.8) is 0 Å². The fraction of sp³-hybridized carbons (Fsp3) is 0.769. The topological polar surface area (TPSA) is 54.6 Å². The first-order chi connectivity index (χ1) is 9.13. The monoisotopic (exact) mass is 284 g/mol. The van der Waals surface area contributed by atoms with Gasteiger partial charge in [-0.1, -0.05) is 0 Å². The lowest BCUT2D eigenvalue weighted by Gasteiger charge is -2.37. The van der Waals surface area contributed by atoms with Crippen LogP contribution in [-0.4, -0.2) is 61.7 Å². The molecule has 0 aliphatic carbocycles. The third kappa shape index (κ3) is 3.73. The maximum Gasteiger partial charge on any atom is 0.0948 e. The van der Waals surface area contributed by atoms with Crippen molar-refractivity contribution >= 4 is 11.3 Å². The van der Waals surface area contributed by atoms with E-state index in [1.807, 2.05) is 0 Å². The van der Waals surface area contributed by atoms with E-state index in [9.17, 15) is 0 Å². The fourth-order valence-electron chi connectivity index (χ4n) is 2.46. The van der Waals surface area contributed by atoms with E-state index in [1.54, 1.807) is 18.4 Å². The second-order valence-electron chi connectivity index (χ2n) is 5.22. The molecule has 0 saturated carbocycles. The number of thiazole rings is 1. The van der Waals surface area contributed by atoms with E-state index in [4.69, 9.17) is 15.5 Å². The molecule has 1 aliphatic heterocycles. The highest BCUT2D eigenvalue weighted by Crippen LogP contribution is 2.22. The lowest BCUT2D eigenvalue weighted by atomic mass is 10.1. The van der Waals surface area contributed by atoms with Crippen LogP contribution in [0.2, 0.25) is 0 Å². The first-order valence-electron chi connectivity index (χ1n) is 6.69. The highest BCUT2D eigenvalue weighted by molar-refractivity contribution is 7.11. The van der Waals surface area contributed by atoms with Crippen LogP contribution in [0.1, 0.15) is 15.6 Å². The van der Waals surface area contributed by atoms with Crippen molar-refractivity contribution in [2.24, 2.45) is 5.73 Å². The smallest absolute Gasteiger partial charge is 0.0948 e. The molecule has 1 atom stereocenters. The van der Waals surface area contributed by atoms with E-state index in [1.165, 1.54) is 5.01 Å². The molecule has 0 aromatic carbocycles. The summed E-state index contributed by atoms with van der Waals surface area (Å²) >= 11 is 1.74. The molecule has 0 radical (unpaired) electrons. The molecule has 0 bridgehead atoms. The predicted molar refractivity (Wildman–Crippen MR) is 78.3 cm³/mol. The second kappa shape index (κ2) is 6.76. The first kappa shape index (κ1) is 14.9. The van der Waals surface area contributed by atoms with Crippen LogP contribution in [0.3, 0.4) is 0 Å². The number of nitrogens with two attached hydrogens (primary N) is 1. The Labute approximate surface area is 119 Å². The third-order valence-electron chi connectivity index (χ3n) is 3.68. The van der Waals surface area contributed by atoms with E-state index in [-0.39, 0.29) is 0 Å². The van der Waals surface area contributed by atoms with Gasteiger partial charge in [-0.15, -0.1) is 11.3 Å². The van der Waals surface area contributed by atoms with Crippen molar-refractivity contribution in [2.75, 3.05) is 40.8 Å². The number of likely N-dealkylation sites (N-methyl/N-ethyl adjacent to an activating group) is 2. The van der Waals surface area contributed by atoms with E-state index in [2.05, 4.69) is 23.9 Å². The van der Waals surface area contributed by atoms with Crippen molar-refractivity contribution < 1.29 is 4.74 Å². The number of hydrogen-bond donors (Lipinski definition) is 1. The zero-order chi connectivity index (χ0) is 13.8. The molecule has 108 valence electrons. The van der Waals surface area contributed by atoms with Gasteiger partial charge < -0.3 is 20.3 Å². The van der Waals surface area contributed by atoms with Crippen LogP contribution in [0.25, 0.3) is 0 Å². The highest BCUT2D eigenvalue weighted by Gasteiger charge is 2.24. The normalized spacial score (nSPS) is 22.0. The predicted octanol–water partition coefficient (Wildman–Crippen LogP) is 0.537. The van der Waals surface area contributed by atoms with Crippen molar-refractivity contribution in [3.8, 4) is 0 Å². The minimum Gasteiger partial charge on any atom is -0.378 e. The van der Waals surface area contributed by atoms with Gasteiger partial charge in [-0.3, -0.25) is 0 Å². The Morgan fingerprint density at radius 3 is 2.89 bits per heavy atom. The number of piperazine rings is 1. The molecule has 1 aliphatic rings. The summed E-state index contributed by atoms with van der Waals surface area (Å²) in [6.45, 7) is 4.49.